The Hall–Kier alpha value is -3.26. The predicted octanol–water partition coefficient (Wildman–Crippen LogP) is 3.47. The van der Waals surface area contributed by atoms with Crippen molar-refractivity contribution in [2.24, 2.45) is 0 Å². The van der Waals surface area contributed by atoms with Crippen LogP contribution in [0.15, 0.2) is 40.9 Å². The minimum Gasteiger partial charge on any atom is -0.507 e. The molecule has 9 heteroatoms. The molecule has 0 unspecified atom stereocenters. The Kier molecular flexibility index (Phi) is 5.46. The van der Waals surface area contributed by atoms with E-state index in [9.17, 15) is 9.90 Å². The molecule has 0 spiro atoms. The monoisotopic (exact) mass is 390 g/mol. The fourth-order valence-corrected chi connectivity index (χ4v) is 2.45. The van der Waals surface area contributed by atoms with Crippen molar-refractivity contribution in [1.29, 1.82) is 0 Å². The number of carbonyl (C=O) groups excluding carboxylic acids is 1. The van der Waals surface area contributed by atoms with Gasteiger partial charge in [-0.2, -0.15) is 4.98 Å². The van der Waals surface area contributed by atoms with Gasteiger partial charge in [-0.1, -0.05) is 16.8 Å². The zero-order valence-corrected chi connectivity index (χ0v) is 15.2. The van der Waals surface area contributed by atoms with Gasteiger partial charge in [0.2, 0.25) is 5.82 Å². The quantitative estimate of drug-likeness (QED) is 0.638. The van der Waals surface area contributed by atoms with Crippen LogP contribution in [0.1, 0.15) is 16.2 Å². The summed E-state index contributed by atoms with van der Waals surface area (Å²) in [5, 5.41) is 13.9. The number of benzene rings is 2. The van der Waals surface area contributed by atoms with Gasteiger partial charge in [0.25, 0.3) is 5.89 Å². The van der Waals surface area contributed by atoms with E-state index < -0.39 is 5.97 Å². The second-order valence-electron chi connectivity index (χ2n) is 5.32. The van der Waals surface area contributed by atoms with Crippen LogP contribution >= 0.6 is 11.6 Å². The SMILES string of the molecule is COc1ccc(-c2noc(COC(=O)c3ccc(Cl)cc3O)n2)c(OC)c1. The summed E-state index contributed by atoms with van der Waals surface area (Å²) >= 11 is 5.74. The average Bonchev–Trinajstić information content (AvgIpc) is 3.14. The fraction of sp³-hybridized carbons (Fsp3) is 0.167. The first-order valence-electron chi connectivity index (χ1n) is 7.72. The van der Waals surface area contributed by atoms with Crippen LogP contribution in [0.25, 0.3) is 11.4 Å². The first-order valence-corrected chi connectivity index (χ1v) is 8.10. The molecule has 1 heterocycles. The van der Waals surface area contributed by atoms with Gasteiger partial charge in [0, 0.05) is 11.1 Å². The molecule has 0 aliphatic heterocycles. The van der Waals surface area contributed by atoms with Crippen molar-refractivity contribution in [2.75, 3.05) is 14.2 Å². The lowest BCUT2D eigenvalue weighted by Gasteiger charge is -2.07. The molecule has 3 rings (SSSR count). The van der Waals surface area contributed by atoms with E-state index in [0.29, 0.717) is 22.1 Å². The van der Waals surface area contributed by atoms with Crippen LogP contribution in [0.5, 0.6) is 17.2 Å². The molecule has 1 N–H and O–H groups in total. The highest BCUT2D eigenvalue weighted by molar-refractivity contribution is 6.30. The summed E-state index contributed by atoms with van der Waals surface area (Å²) in [5.41, 5.74) is 0.575. The van der Waals surface area contributed by atoms with Crippen molar-refractivity contribution in [3.8, 4) is 28.6 Å². The van der Waals surface area contributed by atoms with Gasteiger partial charge in [-0.05, 0) is 30.3 Å². The second-order valence-corrected chi connectivity index (χ2v) is 5.75. The summed E-state index contributed by atoms with van der Waals surface area (Å²) in [6.45, 7) is -0.258. The molecular formula is C18H15ClN2O6. The number of hydrogen-bond acceptors (Lipinski definition) is 8. The van der Waals surface area contributed by atoms with Crippen molar-refractivity contribution >= 4 is 17.6 Å². The number of rotatable bonds is 6. The van der Waals surface area contributed by atoms with Crippen LogP contribution in [-0.2, 0) is 11.3 Å². The van der Waals surface area contributed by atoms with E-state index in [1.54, 1.807) is 25.3 Å². The minimum absolute atomic E-state index is 0.0176. The maximum Gasteiger partial charge on any atom is 0.342 e. The highest BCUT2D eigenvalue weighted by Crippen LogP contribution is 2.31. The Balaban J connectivity index is 1.72. The lowest BCUT2D eigenvalue weighted by Crippen LogP contribution is -2.05. The molecule has 8 nitrogen and oxygen atoms in total. The first-order chi connectivity index (χ1) is 13.0. The minimum atomic E-state index is -0.744. The molecule has 0 saturated carbocycles. The van der Waals surface area contributed by atoms with Crippen LogP contribution in [-0.4, -0.2) is 35.4 Å². The van der Waals surface area contributed by atoms with Crippen molar-refractivity contribution < 1.29 is 28.6 Å². The predicted molar refractivity (Wildman–Crippen MR) is 95.1 cm³/mol. The molecule has 0 aliphatic carbocycles. The van der Waals surface area contributed by atoms with Gasteiger partial charge in [0.05, 0.1) is 19.8 Å². The zero-order valence-electron chi connectivity index (χ0n) is 14.4. The van der Waals surface area contributed by atoms with Crippen LogP contribution < -0.4 is 9.47 Å². The molecular weight excluding hydrogens is 376 g/mol. The molecule has 140 valence electrons. The molecule has 0 atom stereocenters. The van der Waals surface area contributed by atoms with Crippen LogP contribution in [0.3, 0.4) is 0 Å². The van der Waals surface area contributed by atoms with Crippen molar-refractivity contribution in [1.82, 2.24) is 10.1 Å². The Bertz CT molecular complexity index is 972. The molecule has 0 bridgehead atoms. The number of aromatic nitrogens is 2. The molecule has 0 fully saturated rings. The highest BCUT2D eigenvalue weighted by atomic mass is 35.5. The van der Waals surface area contributed by atoms with Crippen molar-refractivity contribution in [2.45, 2.75) is 6.61 Å². The number of nitrogens with zero attached hydrogens (tertiary/aromatic N) is 2. The number of esters is 1. The number of halogens is 1. The topological polar surface area (TPSA) is 104 Å². The summed E-state index contributed by atoms with van der Waals surface area (Å²) in [5.74, 6) is 0.466. The highest BCUT2D eigenvalue weighted by Gasteiger charge is 2.17. The maximum atomic E-state index is 12.0. The number of methoxy groups -OCH3 is 2. The number of aromatic hydroxyl groups is 1. The number of hydrogen-bond donors (Lipinski definition) is 1. The normalized spacial score (nSPS) is 10.5. The third-order valence-electron chi connectivity index (χ3n) is 3.62. The number of phenols is 1. The van der Waals surface area contributed by atoms with Crippen LogP contribution in [0, 0.1) is 0 Å². The first kappa shape index (κ1) is 18.5. The van der Waals surface area contributed by atoms with E-state index in [4.69, 9.17) is 30.3 Å². The number of phenolic OH excluding ortho intramolecular Hbond substituents is 1. The summed E-state index contributed by atoms with van der Waals surface area (Å²) in [4.78, 5) is 16.2. The van der Waals surface area contributed by atoms with Gasteiger partial charge in [-0.25, -0.2) is 4.79 Å². The van der Waals surface area contributed by atoms with Crippen molar-refractivity contribution in [3.63, 3.8) is 0 Å². The fourth-order valence-electron chi connectivity index (χ4n) is 2.29. The second kappa shape index (κ2) is 7.96. The summed E-state index contributed by atoms with van der Waals surface area (Å²) < 4.78 is 20.6. The third-order valence-corrected chi connectivity index (χ3v) is 3.86. The Labute approximate surface area is 159 Å². The van der Waals surface area contributed by atoms with Gasteiger partial charge in [0.15, 0.2) is 6.61 Å². The molecule has 3 aromatic rings. The molecule has 27 heavy (non-hydrogen) atoms. The lowest BCUT2D eigenvalue weighted by atomic mass is 10.2. The van der Waals surface area contributed by atoms with E-state index >= 15 is 0 Å². The van der Waals surface area contributed by atoms with Crippen LogP contribution in [0.2, 0.25) is 5.02 Å². The average molecular weight is 391 g/mol. The molecule has 0 saturated heterocycles. The third kappa shape index (κ3) is 4.12. The summed E-state index contributed by atoms with van der Waals surface area (Å²) in [7, 11) is 3.06. The summed E-state index contributed by atoms with van der Waals surface area (Å²) in [6.07, 6.45) is 0. The largest absolute Gasteiger partial charge is 0.507 e. The van der Waals surface area contributed by atoms with Crippen molar-refractivity contribution in [3.05, 3.63) is 52.9 Å². The van der Waals surface area contributed by atoms with E-state index in [1.807, 2.05) is 0 Å². The van der Waals surface area contributed by atoms with Gasteiger partial charge in [-0.15, -0.1) is 0 Å². The molecule has 0 aliphatic rings. The van der Waals surface area contributed by atoms with E-state index in [2.05, 4.69) is 10.1 Å². The Morgan fingerprint density at radius 3 is 2.70 bits per heavy atom. The van der Waals surface area contributed by atoms with Gasteiger partial charge in [0.1, 0.15) is 22.8 Å². The van der Waals surface area contributed by atoms with E-state index in [-0.39, 0.29) is 29.6 Å². The number of ether oxygens (including phenoxy) is 3. The van der Waals surface area contributed by atoms with Gasteiger partial charge in [-0.3, -0.25) is 0 Å². The number of carbonyl (C=O) groups is 1. The van der Waals surface area contributed by atoms with E-state index in [1.165, 1.54) is 25.3 Å². The van der Waals surface area contributed by atoms with Gasteiger partial charge >= 0.3 is 5.97 Å². The summed E-state index contributed by atoms with van der Waals surface area (Å²) in [6, 6.07) is 9.23. The van der Waals surface area contributed by atoms with Crippen LogP contribution in [0.4, 0.5) is 0 Å². The molecule has 1 aromatic heterocycles. The smallest absolute Gasteiger partial charge is 0.342 e. The maximum absolute atomic E-state index is 12.0. The molecule has 0 radical (unpaired) electrons. The standard InChI is InChI=1S/C18H15ClN2O6/c1-24-11-4-6-13(15(8-11)25-2)17-20-16(27-21-17)9-26-18(23)12-5-3-10(19)7-14(12)22/h3-8,22H,9H2,1-2H3. The van der Waals surface area contributed by atoms with E-state index in [0.717, 1.165) is 0 Å². The molecule has 2 aromatic carbocycles. The Morgan fingerprint density at radius 1 is 1.19 bits per heavy atom. The lowest BCUT2D eigenvalue weighted by molar-refractivity contribution is 0.0426. The Morgan fingerprint density at radius 2 is 2.00 bits per heavy atom. The molecule has 0 amide bonds. The zero-order chi connectivity index (χ0) is 19.4. The van der Waals surface area contributed by atoms with Gasteiger partial charge < -0.3 is 23.8 Å².